The fourth-order valence-corrected chi connectivity index (χ4v) is 1.91. The van der Waals surface area contributed by atoms with Crippen LogP contribution in [0.1, 0.15) is 24.1 Å². The topological polar surface area (TPSA) is 56.7 Å². The van der Waals surface area contributed by atoms with E-state index in [9.17, 15) is 0 Å². The molecule has 0 spiro atoms. The van der Waals surface area contributed by atoms with Crippen LogP contribution in [0.4, 0.5) is 0 Å². The summed E-state index contributed by atoms with van der Waals surface area (Å²) in [6.07, 6.45) is 0.898. The van der Waals surface area contributed by atoms with Crippen LogP contribution in [-0.2, 0) is 6.42 Å². The van der Waals surface area contributed by atoms with Crippen molar-refractivity contribution < 1.29 is 0 Å². The Morgan fingerprint density at radius 3 is 2.35 bits per heavy atom. The molecular formula is C13H18N4. The van der Waals surface area contributed by atoms with Gasteiger partial charge in [-0.2, -0.15) is 5.10 Å². The zero-order chi connectivity index (χ0) is 12.4. The van der Waals surface area contributed by atoms with E-state index in [1.165, 1.54) is 5.56 Å². The molecule has 1 heterocycles. The maximum Gasteiger partial charge on any atom is 0.148 e. The third kappa shape index (κ3) is 2.71. The van der Waals surface area contributed by atoms with Crippen LogP contribution in [0.15, 0.2) is 24.3 Å². The first-order valence-corrected chi connectivity index (χ1v) is 5.81. The summed E-state index contributed by atoms with van der Waals surface area (Å²) in [7, 11) is 0. The lowest BCUT2D eigenvalue weighted by atomic mass is 10.1. The van der Waals surface area contributed by atoms with Gasteiger partial charge >= 0.3 is 0 Å². The highest BCUT2D eigenvalue weighted by Crippen LogP contribution is 2.12. The number of benzene rings is 1. The molecule has 2 rings (SSSR count). The Morgan fingerprint density at radius 1 is 1.24 bits per heavy atom. The van der Waals surface area contributed by atoms with Crippen LogP contribution in [0.25, 0.3) is 5.69 Å². The number of nitrogens with zero attached hydrogens (tertiary/aromatic N) is 3. The SMILES string of the molecule is Cc1nc(C)n(-c2ccc(CC(C)N)cc2)n1. The molecule has 1 atom stereocenters. The van der Waals surface area contributed by atoms with E-state index in [0.717, 1.165) is 23.8 Å². The maximum atomic E-state index is 5.77. The van der Waals surface area contributed by atoms with Crippen LogP contribution in [0.5, 0.6) is 0 Å². The third-order valence-electron chi connectivity index (χ3n) is 2.61. The predicted molar refractivity (Wildman–Crippen MR) is 68.2 cm³/mol. The van der Waals surface area contributed by atoms with Crippen LogP contribution in [0.2, 0.25) is 0 Å². The van der Waals surface area contributed by atoms with Crippen LogP contribution in [0, 0.1) is 13.8 Å². The minimum Gasteiger partial charge on any atom is -0.328 e. The van der Waals surface area contributed by atoms with Gasteiger partial charge in [-0.25, -0.2) is 9.67 Å². The van der Waals surface area contributed by atoms with Crippen LogP contribution in [0.3, 0.4) is 0 Å². The number of hydrogen-bond acceptors (Lipinski definition) is 3. The first-order chi connectivity index (χ1) is 8.06. The lowest BCUT2D eigenvalue weighted by Gasteiger charge is -2.07. The predicted octanol–water partition coefficient (Wildman–Crippen LogP) is 1.77. The Bertz CT molecular complexity index is 497. The van der Waals surface area contributed by atoms with Crippen molar-refractivity contribution >= 4 is 0 Å². The molecule has 0 amide bonds. The van der Waals surface area contributed by atoms with E-state index >= 15 is 0 Å². The van der Waals surface area contributed by atoms with E-state index in [1.807, 2.05) is 25.5 Å². The molecule has 1 aromatic heterocycles. The Kier molecular flexibility index (Phi) is 3.24. The molecule has 2 aromatic rings. The van der Waals surface area contributed by atoms with Gasteiger partial charge in [0, 0.05) is 6.04 Å². The largest absolute Gasteiger partial charge is 0.328 e. The summed E-state index contributed by atoms with van der Waals surface area (Å²) in [5.74, 6) is 1.70. The van der Waals surface area contributed by atoms with E-state index in [2.05, 4.69) is 34.3 Å². The number of aryl methyl sites for hydroxylation is 2. The first kappa shape index (κ1) is 11.8. The second-order valence-corrected chi connectivity index (χ2v) is 4.47. The highest BCUT2D eigenvalue weighted by atomic mass is 15.3. The zero-order valence-corrected chi connectivity index (χ0v) is 10.5. The lowest BCUT2D eigenvalue weighted by Crippen LogP contribution is -2.17. The van der Waals surface area contributed by atoms with Gasteiger partial charge in [-0.15, -0.1) is 0 Å². The molecule has 2 N–H and O–H groups in total. The monoisotopic (exact) mass is 230 g/mol. The van der Waals surface area contributed by atoms with Gasteiger partial charge in [0.25, 0.3) is 0 Å². The molecule has 4 nitrogen and oxygen atoms in total. The van der Waals surface area contributed by atoms with Crippen LogP contribution < -0.4 is 5.73 Å². The van der Waals surface area contributed by atoms with Gasteiger partial charge in [0.05, 0.1) is 5.69 Å². The van der Waals surface area contributed by atoms with Crippen molar-refractivity contribution in [2.45, 2.75) is 33.2 Å². The summed E-state index contributed by atoms with van der Waals surface area (Å²) >= 11 is 0. The fraction of sp³-hybridized carbons (Fsp3) is 0.385. The van der Waals surface area contributed by atoms with Crippen molar-refractivity contribution in [1.29, 1.82) is 0 Å². The summed E-state index contributed by atoms with van der Waals surface area (Å²) in [4.78, 5) is 4.29. The Morgan fingerprint density at radius 2 is 1.88 bits per heavy atom. The molecular weight excluding hydrogens is 212 g/mol. The highest BCUT2D eigenvalue weighted by Gasteiger charge is 2.05. The number of rotatable bonds is 3. The summed E-state index contributed by atoms with van der Waals surface area (Å²) in [6, 6.07) is 8.48. The standard InChI is InChI=1S/C13H18N4/c1-9(14)8-12-4-6-13(7-5-12)17-11(3)15-10(2)16-17/h4-7,9H,8,14H2,1-3H3. The maximum absolute atomic E-state index is 5.77. The normalized spacial score (nSPS) is 12.7. The lowest BCUT2D eigenvalue weighted by molar-refractivity contribution is 0.737. The Labute approximate surface area is 101 Å². The van der Waals surface area contributed by atoms with Crippen LogP contribution >= 0.6 is 0 Å². The average Bonchev–Trinajstić information content (AvgIpc) is 2.58. The fourth-order valence-electron chi connectivity index (χ4n) is 1.91. The molecule has 0 saturated carbocycles. The quantitative estimate of drug-likeness (QED) is 0.874. The molecule has 1 unspecified atom stereocenters. The molecule has 90 valence electrons. The molecule has 0 saturated heterocycles. The third-order valence-corrected chi connectivity index (χ3v) is 2.61. The molecule has 17 heavy (non-hydrogen) atoms. The Hall–Kier alpha value is -1.68. The molecule has 0 bridgehead atoms. The summed E-state index contributed by atoms with van der Waals surface area (Å²) in [5, 5.41) is 4.35. The van der Waals surface area contributed by atoms with Crippen molar-refractivity contribution in [3.63, 3.8) is 0 Å². The zero-order valence-electron chi connectivity index (χ0n) is 10.5. The van der Waals surface area contributed by atoms with E-state index in [0.29, 0.717) is 0 Å². The van der Waals surface area contributed by atoms with Gasteiger partial charge in [0.15, 0.2) is 0 Å². The van der Waals surface area contributed by atoms with Gasteiger partial charge < -0.3 is 5.73 Å². The van der Waals surface area contributed by atoms with Gasteiger partial charge in [-0.3, -0.25) is 0 Å². The second kappa shape index (κ2) is 4.67. The van der Waals surface area contributed by atoms with Crippen molar-refractivity contribution in [3.05, 3.63) is 41.5 Å². The van der Waals surface area contributed by atoms with Gasteiger partial charge in [-0.1, -0.05) is 12.1 Å². The summed E-state index contributed by atoms with van der Waals surface area (Å²) in [6.45, 7) is 5.86. The second-order valence-electron chi connectivity index (χ2n) is 4.47. The molecule has 0 radical (unpaired) electrons. The van der Waals surface area contributed by atoms with Crippen molar-refractivity contribution in [2.24, 2.45) is 5.73 Å². The van der Waals surface area contributed by atoms with Gasteiger partial charge in [-0.05, 0) is 44.9 Å². The smallest absolute Gasteiger partial charge is 0.148 e. The van der Waals surface area contributed by atoms with E-state index in [-0.39, 0.29) is 6.04 Å². The van der Waals surface area contributed by atoms with Crippen LogP contribution in [-0.4, -0.2) is 20.8 Å². The van der Waals surface area contributed by atoms with E-state index < -0.39 is 0 Å². The van der Waals surface area contributed by atoms with Crippen molar-refractivity contribution in [2.75, 3.05) is 0 Å². The van der Waals surface area contributed by atoms with Crippen molar-refractivity contribution in [3.8, 4) is 5.69 Å². The Balaban J connectivity index is 2.26. The number of nitrogens with two attached hydrogens (primary N) is 1. The molecule has 0 aliphatic rings. The first-order valence-electron chi connectivity index (χ1n) is 5.81. The number of hydrogen-bond donors (Lipinski definition) is 1. The molecule has 4 heteroatoms. The highest BCUT2D eigenvalue weighted by molar-refractivity contribution is 5.34. The molecule has 1 aromatic carbocycles. The van der Waals surface area contributed by atoms with Crippen molar-refractivity contribution in [1.82, 2.24) is 14.8 Å². The summed E-state index contributed by atoms with van der Waals surface area (Å²) in [5.41, 5.74) is 8.06. The average molecular weight is 230 g/mol. The van der Waals surface area contributed by atoms with Gasteiger partial charge in [0.1, 0.15) is 11.6 Å². The van der Waals surface area contributed by atoms with E-state index in [1.54, 1.807) is 0 Å². The van der Waals surface area contributed by atoms with E-state index in [4.69, 9.17) is 5.73 Å². The minimum atomic E-state index is 0.191. The molecule has 0 fully saturated rings. The summed E-state index contributed by atoms with van der Waals surface area (Å²) < 4.78 is 1.85. The number of aromatic nitrogens is 3. The molecule has 0 aliphatic carbocycles. The minimum absolute atomic E-state index is 0.191. The molecule has 0 aliphatic heterocycles. The van der Waals surface area contributed by atoms with Gasteiger partial charge in [0.2, 0.25) is 0 Å².